The van der Waals surface area contributed by atoms with Gasteiger partial charge in [-0.2, -0.15) is 0 Å². The highest BCUT2D eigenvalue weighted by atomic mass is 35.5. The predicted molar refractivity (Wildman–Crippen MR) is 63.2 cm³/mol. The summed E-state index contributed by atoms with van der Waals surface area (Å²) in [4.78, 5) is 25.6. The van der Waals surface area contributed by atoms with Gasteiger partial charge in [0.15, 0.2) is 5.78 Å². The molecule has 1 aromatic carbocycles. The van der Waals surface area contributed by atoms with E-state index in [1.165, 1.54) is 4.57 Å². The number of halogens is 1. The zero-order valence-corrected chi connectivity index (χ0v) is 9.54. The average Bonchev–Trinajstić information content (AvgIpc) is 2.55. The summed E-state index contributed by atoms with van der Waals surface area (Å²) < 4.78 is 1.51. The molecule has 0 aliphatic rings. The number of nitrogens with zero attached hydrogens (tertiary/aromatic N) is 1. The van der Waals surface area contributed by atoms with Gasteiger partial charge >= 0.3 is 5.69 Å². The number of carbonyl (C=O) groups is 1. The number of aromatic amines is 1. The molecule has 0 bridgehead atoms. The van der Waals surface area contributed by atoms with Crippen LogP contribution in [-0.2, 0) is 7.05 Å². The number of alkyl halides is 1. The normalized spacial score (nSPS) is 10.9. The number of H-pyrrole nitrogens is 1. The summed E-state index contributed by atoms with van der Waals surface area (Å²) in [5, 5.41) is 0. The van der Waals surface area contributed by atoms with Gasteiger partial charge < -0.3 is 4.98 Å². The summed E-state index contributed by atoms with van der Waals surface area (Å²) in [7, 11) is 1.68. The van der Waals surface area contributed by atoms with Gasteiger partial charge in [0.2, 0.25) is 0 Å². The Balaban J connectivity index is 2.52. The molecular weight excluding hydrogens is 228 g/mol. The lowest BCUT2D eigenvalue weighted by Gasteiger charge is -1.99. The van der Waals surface area contributed by atoms with Crippen LogP contribution in [0.4, 0.5) is 0 Å². The molecule has 0 saturated carbocycles. The summed E-state index contributed by atoms with van der Waals surface area (Å²) >= 11 is 5.51. The lowest BCUT2D eigenvalue weighted by molar-refractivity contribution is 0.0989. The van der Waals surface area contributed by atoms with E-state index in [1.54, 1.807) is 25.2 Å². The van der Waals surface area contributed by atoms with Crippen LogP contribution in [0.1, 0.15) is 16.8 Å². The molecule has 0 atom stereocenters. The average molecular weight is 239 g/mol. The molecule has 16 heavy (non-hydrogen) atoms. The van der Waals surface area contributed by atoms with Crippen LogP contribution in [0.5, 0.6) is 0 Å². The molecule has 0 unspecified atom stereocenters. The first-order chi connectivity index (χ1) is 7.63. The van der Waals surface area contributed by atoms with E-state index in [2.05, 4.69) is 4.98 Å². The molecule has 2 aromatic rings. The third-order valence-corrected chi connectivity index (χ3v) is 2.74. The third-order valence-electron chi connectivity index (χ3n) is 2.55. The largest absolute Gasteiger partial charge is 0.326 e. The van der Waals surface area contributed by atoms with Crippen LogP contribution in [-0.4, -0.2) is 21.2 Å². The Kier molecular flexibility index (Phi) is 2.83. The molecule has 1 aromatic heterocycles. The lowest BCUT2D eigenvalue weighted by Crippen LogP contribution is -2.11. The second-order valence-electron chi connectivity index (χ2n) is 3.58. The number of hydrogen-bond donors (Lipinski definition) is 1. The van der Waals surface area contributed by atoms with Crippen LogP contribution in [0.3, 0.4) is 0 Å². The summed E-state index contributed by atoms with van der Waals surface area (Å²) in [6.45, 7) is 0. The van der Waals surface area contributed by atoms with Crippen LogP contribution in [0.15, 0.2) is 23.0 Å². The van der Waals surface area contributed by atoms with E-state index in [0.29, 0.717) is 23.4 Å². The van der Waals surface area contributed by atoms with Gasteiger partial charge in [-0.15, -0.1) is 11.6 Å². The maximum absolute atomic E-state index is 11.6. The zero-order valence-electron chi connectivity index (χ0n) is 8.79. The van der Waals surface area contributed by atoms with E-state index in [1.807, 2.05) is 0 Å². The number of rotatable bonds is 3. The maximum atomic E-state index is 11.6. The molecule has 0 aliphatic heterocycles. The predicted octanol–water partition coefficient (Wildman–Crippen LogP) is 1.68. The third kappa shape index (κ3) is 1.76. The van der Waals surface area contributed by atoms with Crippen molar-refractivity contribution in [2.45, 2.75) is 6.42 Å². The topological polar surface area (TPSA) is 54.9 Å². The fourth-order valence-electron chi connectivity index (χ4n) is 1.64. The van der Waals surface area contributed by atoms with Gasteiger partial charge in [-0.25, -0.2) is 4.79 Å². The van der Waals surface area contributed by atoms with Gasteiger partial charge in [-0.3, -0.25) is 9.36 Å². The first kappa shape index (κ1) is 11.0. The summed E-state index contributed by atoms with van der Waals surface area (Å²) in [6, 6.07) is 5.16. The van der Waals surface area contributed by atoms with Crippen LogP contribution < -0.4 is 5.69 Å². The van der Waals surface area contributed by atoms with E-state index >= 15 is 0 Å². The van der Waals surface area contributed by atoms with Crippen molar-refractivity contribution in [2.75, 3.05) is 5.88 Å². The van der Waals surface area contributed by atoms with Crippen molar-refractivity contribution in [1.82, 2.24) is 9.55 Å². The number of fused-ring (bicyclic) bond motifs is 1. The minimum atomic E-state index is -0.183. The molecule has 0 radical (unpaired) electrons. The second kappa shape index (κ2) is 4.14. The highest BCUT2D eigenvalue weighted by molar-refractivity contribution is 6.19. The molecule has 0 spiro atoms. The second-order valence-corrected chi connectivity index (χ2v) is 3.96. The number of nitrogens with one attached hydrogen (secondary N) is 1. The number of aryl methyl sites for hydroxylation is 1. The standard InChI is InChI=1S/C11H11ClN2O2/c1-14-9-3-2-7(10(15)4-5-12)6-8(9)13-11(14)16/h2-3,6H,4-5H2,1H3,(H,13,16). The summed E-state index contributed by atoms with van der Waals surface area (Å²) in [5.74, 6) is 0.295. The number of ketones is 1. The van der Waals surface area contributed by atoms with Gasteiger partial charge in [-0.05, 0) is 18.2 Å². The number of carbonyl (C=O) groups excluding carboxylic acids is 1. The van der Waals surface area contributed by atoms with E-state index in [-0.39, 0.29) is 11.5 Å². The number of aromatic nitrogens is 2. The number of benzene rings is 1. The number of imidazole rings is 1. The minimum Gasteiger partial charge on any atom is -0.306 e. The van der Waals surface area contributed by atoms with Gasteiger partial charge in [0.05, 0.1) is 11.0 Å². The molecule has 5 heteroatoms. The molecule has 2 rings (SSSR count). The zero-order chi connectivity index (χ0) is 11.7. The van der Waals surface area contributed by atoms with Crippen molar-refractivity contribution in [3.05, 3.63) is 34.2 Å². The van der Waals surface area contributed by atoms with Crippen LogP contribution in [0, 0.1) is 0 Å². The Morgan fingerprint density at radius 3 is 2.94 bits per heavy atom. The van der Waals surface area contributed by atoms with Crippen LogP contribution in [0.2, 0.25) is 0 Å². The Morgan fingerprint density at radius 2 is 2.25 bits per heavy atom. The fourth-order valence-corrected chi connectivity index (χ4v) is 1.81. The van der Waals surface area contributed by atoms with Crippen LogP contribution in [0.25, 0.3) is 11.0 Å². The Morgan fingerprint density at radius 1 is 1.50 bits per heavy atom. The molecule has 4 nitrogen and oxygen atoms in total. The van der Waals surface area contributed by atoms with Crippen molar-refractivity contribution < 1.29 is 4.79 Å². The highest BCUT2D eigenvalue weighted by Crippen LogP contribution is 2.13. The molecule has 0 aliphatic carbocycles. The first-order valence-electron chi connectivity index (χ1n) is 4.91. The fraction of sp³-hybridized carbons (Fsp3) is 0.273. The molecule has 1 N–H and O–H groups in total. The monoisotopic (exact) mass is 238 g/mol. The van der Waals surface area contributed by atoms with Gasteiger partial charge in [0, 0.05) is 24.9 Å². The summed E-state index contributed by atoms with van der Waals surface area (Å²) in [5.41, 5.74) is 1.85. The number of Topliss-reactive ketones (excluding diaryl/α,β-unsaturated/α-hetero) is 1. The van der Waals surface area contributed by atoms with Crippen molar-refractivity contribution in [1.29, 1.82) is 0 Å². The van der Waals surface area contributed by atoms with Gasteiger partial charge in [0.25, 0.3) is 0 Å². The Hall–Kier alpha value is -1.55. The molecule has 0 fully saturated rings. The van der Waals surface area contributed by atoms with Crippen molar-refractivity contribution in [3.8, 4) is 0 Å². The van der Waals surface area contributed by atoms with Crippen LogP contribution >= 0.6 is 11.6 Å². The Labute approximate surface area is 96.8 Å². The Bertz CT molecular complexity index is 598. The smallest absolute Gasteiger partial charge is 0.306 e. The maximum Gasteiger partial charge on any atom is 0.326 e. The van der Waals surface area contributed by atoms with Crippen molar-refractivity contribution in [3.63, 3.8) is 0 Å². The van der Waals surface area contributed by atoms with Crippen molar-refractivity contribution in [2.24, 2.45) is 7.05 Å². The number of hydrogen-bond acceptors (Lipinski definition) is 2. The SMILES string of the molecule is Cn1c(=O)[nH]c2cc(C(=O)CCCl)ccc21. The summed E-state index contributed by atoms with van der Waals surface area (Å²) in [6.07, 6.45) is 0.310. The van der Waals surface area contributed by atoms with E-state index in [0.717, 1.165) is 5.52 Å². The molecule has 84 valence electrons. The molecule has 0 saturated heterocycles. The highest BCUT2D eigenvalue weighted by Gasteiger charge is 2.08. The first-order valence-corrected chi connectivity index (χ1v) is 5.45. The van der Waals surface area contributed by atoms with Crippen molar-refractivity contribution >= 4 is 28.4 Å². The quantitative estimate of drug-likeness (QED) is 0.653. The lowest BCUT2D eigenvalue weighted by atomic mass is 10.1. The van der Waals surface area contributed by atoms with E-state index in [4.69, 9.17) is 11.6 Å². The molecule has 1 heterocycles. The minimum absolute atomic E-state index is 0.0124. The van der Waals surface area contributed by atoms with Gasteiger partial charge in [-0.1, -0.05) is 0 Å². The van der Waals surface area contributed by atoms with Gasteiger partial charge in [0.1, 0.15) is 0 Å². The van der Waals surface area contributed by atoms with E-state index < -0.39 is 0 Å². The van der Waals surface area contributed by atoms with E-state index in [9.17, 15) is 9.59 Å². The molecular formula is C11H11ClN2O2. The molecule has 0 amide bonds.